The summed E-state index contributed by atoms with van der Waals surface area (Å²) in [6.07, 6.45) is -0.641. The van der Waals surface area contributed by atoms with Crippen molar-refractivity contribution in [1.82, 2.24) is 4.90 Å². The van der Waals surface area contributed by atoms with Gasteiger partial charge in [0.1, 0.15) is 17.1 Å². The van der Waals surface area contributed by atoms with Gasteiger partial charge in [-0.2, -0.15) is 0 Å². The first-order valence-electron chi connectivity index (χ1n) is 11.6. The van der Waals surface area contributed by atoms with Gasteiger partial charge in [0.25, 0.3) is 0 Å². The highest BCUT2D eigenvalue weighted by Gasteiger charge is 2.38. The molecule has 0 bridgehead atoms. The number of β-amino-alcohol motifs (C(OH)–C–C–N with tert-alkyl or cyclic N) is 1. The largest absolute Gasteiger partial charge is 0.497 e. The minimum absolute atomic E-state index is 0.171. The van der Waals surface area contributed by atoms with Gasteiger partial charge in [0.05, 0.1) is 40.1 Å². The summed E-state index contributed by atoms with van der Waals surface area (Å²) >= 11 is 0. The molecule has 3 aromatic rings. The molecule has 1 aliphatic heterocycles. The number of rotatable bonds is 10. The molecule has 1 heterocycles. The molecule has 1 fully saturated rings. The molecule has 3 aromatic carbocycles. The molecule has 1 unspecified atom stereocenters. The highest BCUT2D eigenvalue weighted by atomic mass is 16.5. The van der Waals surface area contributed by atoms with Gasteiger partial charge in [-0.3, -0.25) is 4.90 Å². The molecule has 34 heavy (non-hydrogen) atoms. The number of ether oxygens (including phenoxy) is 4. The molecule has 0 spiro atoms. The van der Waals surface area contributed by atoms with E-state index in [4.69, 9.17) is 18.9 Å². The second-order valence-electron chi connectivity index (χ2n) is 8.38. The standard InChI is InChI=1S/C28H33NO5/c1-31-26-12-8-23(9-13-26)28(22-6-4-3-5-7-22,24-10-14-27(32-2)15-11-24)34-21-25(30)20-29-16-18-33-19-17-29/h3-15,25,30H,16-21H2,1-2H3. The van der Waals surface area contributed by atoms with Gasteiger partial charge in [0.15, 0.2) is 0 Å². The number of aliphatic hydroxyl groups excluding tert-OH is 1. The Bertz CT molecular complexity index is 954. The number of hydrogen-bond donors (Lipinski definition) is 1. The van der Waals surface area contributed by atoms with Crippen molar-refractivity contribution in [3.63, 3.8) is 0 Å². The van der Waals surface area contributed by atoms with Crippen LogP contribution in [-0.2, 0) is 15.1 Å². The molecule has 6 nitrogen and oxygen atoms in total. The zero-order chi connectivity index (χ0) is 23.8. The smallest absolute Gasteiger partial charge is 0.143 e. The fourth-order valence-corrected chi connectivity index (χ4v) is 4.43. The number of methoxy groups -OCH3 is 2. The van der Waals surface area contributed by atoms with Crippen molar-refractivity contribution < 1.29 is 24.1 Å². The molecule has 0 radical (unpaired) electrons. The summed E-state index contributed by atoms with van der Waals surface area (Å²) in [6.45, 7) is 3.73. The first-order valence-corrected chi connectivity index (χ1v) is 11.6. The third kappa shape index (κ3) is 5.42. The Hall–Kier alpha value is -2.90. The molecule has 180 valence electrons. The Morgan fingerprint density at radius 3 is 1.79 bits per heavy atom. The van der Waals surface area contributed by atoms with Crippen LogP contribution < -0.4 is 9.47 Å². The lowest BCUT2D eigenvalue weighted by molar-refractivity contribution is -0.0555. The van der Waals surface area contributed by atoms with Crippen LogP contribution in [0.3, 0.4) is 0 Å². The van der Waals surface area contributed by atoms with Gasteiger partial charge in [0.2, 0.25) is 0 Å². The van der Waals surface area contributed by atoms with Crippen molar-refractivity contribution in [2.45, 2.75) is 11.7 Å². The van der Waals surface area contributed by atoms with Gasteiger partial charge in [-0.15, -0.1) is 0 Å². The van der Waals surface area contributed by atoms with Crippen LogP contribution in [-0.4, -0.2) is 69.8 Å². The van der Waals surface area contributed by atoms with Gasteiger partial charge in [0, 0.05) is 19.6 Å². The van der Waals surface area contributed by atoms with E-state index in [9.17, 15) is 5.11 Å². The van der Waals surface area contributed by atoms with E-state index in [-0.39, 0.29) is 6.61 Å². The normalized spacial score (nSPS) is 15.6. The first-order chi connectivity index (χ1) is 16.7. The lowest BCUT2D eigenvalue weighted by Gasteiger charge is -2.37. The number of hydrogen-bond acceptors (Lipinski definition) is 6. The molecule has 0 aromatic heterocycles. The lowest BCUT2D eigenvalue weighted by Crippen LogP contribution is -2.43. The van der Waals surface area contributed by atoms with Crippen molar-refractivity contribution in [3.8, 4) is 11.5 Å². The molecule has 0 amide bonds. The van der Waals surface area contributed by atoms with E-state index in [1.807, 2.05) is 66.7 Å². The highest BCUT2D eigenvalue weighted by Crippen LogP contribution is 2.41. The van der Waals surface area contributed by atoms with Crippen molar-refractivity contribution >= 4 is 0 Å². The van der Waals surface area contributed by atoms with Crippen LogP contribution in [0, 0.1) is 0 Å². The molecule has 1 atom stereocenters. The van der Waals surface area contributed by atoms with E-state index in [1.165, 1.54) is 0 Å². The average molecular weight is 464 g/mol. The van der Waals surface area contributed by atoms with Crippen LogP contribution in [0.1, 0.15) is 16.7 Å². The van der Waals surface area contributed by atoms with E-state index in [0.717, 1.165) is 41.3 Å². The monoisotopic (exact) mass is 463 g/mol. The minimum atomic E-state index is -0.925. The van der Waals surface area contributed by atoms with Gasteiger partial charge in [-0.25, -0.2) is 0 Å². The van der Waals surface area contributed by atoms with Crippen LogP contribution in [0.15, 0.2) is 78.9 Å². The van der Waals surface area contributed by atoms with Crippen LogP contribution in [0.2, 0.25) is 0 Å². The van der Waals surface area contributed by atoms with Gasteiger partial charge in [-0.05, 0) is 41.0 Å². The fraction of sp³-hybridized carbons (Fsp3) is 0.357. The lowest BCUT2D eigenvalue weighted by atomic mass is 9.80. The SMILES string of the molecule is COc1ccc(C(OCC(O)CN2CCOCC2)(c2ccccc2)c2ccc(OC)cc2)cc1. The van der Waals surface area contributed by atoms with E-state index in [1.54, 1.807) is 14.2 Å². The van der Waals surface area contributed by atoms with Crippen LogP contribution >= 0.6 is 0 Å². The fourth-order valence-electron chi connectivity index (χ4n) is 4.43. The predicted molar refractivity (Wildman–Crippen MR) is 132 cm³/mol. The summed E-state index contributed by atoms with van der Waals surface area (Å²) in [5, 5.41) is 10.9. The molecule has 6 heteroatoms. The Morgan fingerprint density at radius 1 is 0.794 bits per heavy atom. The van der Waals surface area contributed by atoms with Gasteiger partial charge >= 0.3 is 0 Å². The molecule has 1 aliphatic rings. The van der Waals surface area contributed by atoms with Crippen molar-refractivity contribution in [3.05, 3.63) is 95.6 Å². The Labute approximate surface area is 201 Å². The summed E-state index contributed by atoms with van der Waals surface area (Å²) in [5.74, 6) is 1.54. The van der Waals surface area contributed by atoms with Gasteiger partial charge in [-0.1, -0.05) is 54.6 Å². The topological polar surface area (TPSA) is 60.4 Å². The molecule has 1 N–H and O–H groups in total. The number of nitrogens with zero attached hydrogens (tertiary/aromatic N) is 1. The van der Waals surface area contributed by atoms with E-state index < -0.39 is 11.7 Å². The van der Waals surface area contributed by atoms with Crippen molar-refractivity contribution in [1.29, 1.82) is 0 Å². The zero-order valence-corrected chi connectivity index (χ0v) is 19.9. The second kappa shape index (κ2) is 11.5. The maximum absolute atomic E-state index is 10.9. The van der Waals surface area contributed by atoms with Crippen molar-refractivity contribution in [2.75, 3.05) is 53.7 Å². The summed E-state index contributed by atoms with van der Waals surface area (Å²) in [6, 6.07) is 25.9. The minimum Gasteiger partial charge on any atom is -0.497 e. The molecular formula is C28H33NO5. The van der Waals surface area contributed by atoms with E-state index in [0.29, 0.717) is 19.8 Å². The molecule has 0 aliphatic carbocycles. The first kappa shape index (κ1) is 24.2. The second-order valence-corrected chi connectivity index (χ2v) is 8.38. The third-order valence-corrected chi connectivity index (χ3v) is 6.24. The molecule has 1 saturated heterocycles. The number of benzene rings is 3. The molecule has 4 rings (SSSR count). The summed E-state index contributed by atoms with van der Waals surface area (Å²) in [4.78, 5) is 2.21. The number of morpholine rings is 1. The predicted octanol–water partition coefficient (Wildman–Crippen LogP) is 3.71. The quantitative estimate of drug-likeness (QED) is 0.463. The third-order valence-electron chi connectivity index (χ3n) is 6.24. The molecular weight excluding hydrogens is 430 g/mol. The Morgan fingerprint density at radius 2 is 1.29 bits per heavy atom. The maximum atomic E-state index is 10.9. The van der Waals surface area contributed by atoms with E-state index >= 15 is 0 Å². The summed E-state index contributed by atoms with van der Waals surface area (Å²) < 4.78 is 23.0. The Kier molecular flexibility index (Phi) is 8.19. The summed E-state index contributed by atoms with van der Waals surface area (Å²) in [7, 11) is 3.31. The van der Waals surface area contributed by atoms with Crippen molar-refractivity contribution in [2.24, 2.45) is 0 Å². The summed E-state index contributed by atoms with van der Waals surface area (Å²) in [5.41, 5.74) is 1.95. The Balaban J connectivity index is 1.73. The van der Waals surface area contributed by atoms with Crippen LogP contribution in [0.4, 0.5) is 0 Å². The maximum Gasteiger partial charge on any atom is 0.143 e. The number of aliphatic hydroxyl groups is 1. The van der Waals surface area contributed by atoms with E-state index in [2.05, 4.69) is 17.0 Å². The average Bonchev–Trinajstić information content (AvgIpc) is 2.91. The van der Waals surface area contributed by atoms with Crippen LogP contribution in [0.25, 0.3) is 0 Å². The molecule has 0 saturated carbocycles. The highest BCUT2D eigenvalue weighted by molar-refractivity contribution is 5.49. The van der Waals surface area contributed by atoms with Crippen LogP contribution in [0.5, 0.6) is 11.5 Å². The zero-order valence-electron chi connectivity index (χ0n) is 19.9. The van der Waals surface area contributed by atoms with Gasteiger partial charge < -0.3 is 24.1 Å².